The van der Waals surface area contributed by atoms with E-state index in [1.165, 1.54) is 6.07 Å². The number of benzene rings is 3. The van der Waals surface area contributed by atoms with Crippen molar-refractivity contribution in [1.82, 2.24) is 10.6 Å². The summed E-state index contributed by atoms with van der Waals surface area (Å²) in [6.07, 6.45) is 0.522. The monoisotopic (exact) mass is 481 g/mol. The average molecular weight is 482 g/mol. The molecule has 168 valence electrons. The Bertz CT molecular complexity index is 1380. The van der Waals surface area contributed by atoms with Crippen LogP contribution in [0.5, 0.6) is 0 Å². The Morgan fingerprint density at radius 2 is 1.79 bits per heavy atom. The predicted octanol–water partition coefficient (Wildman–Crippen LogP) is 3.48. The van der Waals surface area contributed by atoms with Crippen LogP contribution in [0.1, 0.15) is 21.5 Å². The number of sulfone groups is 1. The molecule has 2 aliphatic rings. The molecule has 3 aromatic rings. The quantitative estimate of drug-likeness (QED) is 0.596. The van der Waals surface area contributed by atoms with E-state index in [0.29, 0.717) is 34.8 Å². The topological polar surface area (TPSA) is 95.6 Å². The molecule has 33 heavy (non-hydrogen) atoms. The van der Waals surface area contributed by atoms with Gasteiger partial charge in [-0.1, -0.05) is 48.0 Å². The Morgan fingerprint density at radius 1 is 1.00 bits per heavy atom. The van der Waals surface area contributed by atoms with Crippen LogP contribution in [0.2, 0.25) is 5.02 Å². The maximum Gasteiger partial charge on any atom is 0.316 e. The first-order chi connectivity index (χ1) is 15.8. The molecule has 0 radical (unpaired) electrons. The number of amides is 3. The lowest BCUT2D eigenvalue weighted by molar-refractivity contribution is 0.0989. The molecule has 0 aromatic heterocycles. The van der Waals surface area contributed by atoms with Crippen molar-refractivity contribution in [1.29, 1.82) is 0 Å². The molecule has 0 bridgehead atoms. The first-order valence-electron chi connectivity index (χ1n) is 10.4. The van der Waals surface area contributed by atoms with E-state index in [-0.39, 0.29) is 17.3 Å². The fraction of sp³-hybridized carbons (Fsp3) is 0.167. The zero-order valence-corrected chi connectivity index (χ0v) is 19.0. The molecule has 2 heterocycles. The van der Waals surface area contributed by atoms with Crippen molar-refractivity contribution < 1.29 is 18.0 Å². The molecule has 1 saturated heterocycles. The van der Waals surface area contributed by atoms with Gasteiger partial charge >= 0.3 is 6.03 Å². The fourth-order valence-electron chi connectivity index (χ4n) is 4.41. The van der Waals surface area contributed by atoms with Gasteiger partial charge < -0.3 is 15.5 Å². The van der Waals surface area contributed by atoms with Gasteiger partial charge in [0.2, 0.25) is 9.84 Å². The molecule has 2 aliphatic heterocycles. The number of carbonyl (C=O) groups is 2. The van der Waals surface area contributed by atoms with Crippen LogP contribution in [0, 0.1) is 0 Å². The zero-order valence-electron chi connectivity index (χ0n) is 17.4. The van der Waals surface area contributed by atoms with Gasteiger partial charge in [0, 0.05) is 22.8 Å². The summed E-state index contributed by atoms with van der Waals surface area (Å²) in [4.78, 5) is 25.2. The second kappa shape index (κ2) is 7.90. The number of urea groups is 1. The summed E-state index contributed by atoms with van der Waals surface area (Å²) in [7, 11) is -4.02. The van der Waals surface area contributed by atoms with Gasteiger partial charge in [-0.2, -0.15) is 0 Å². The first-order valence-corrected chi connectivity index (χ1v) is 12.2. The lowest BCUT2D eigenvalue weighted by Crippen LogP contribution is -2.47. The summed E-state index contributed by atoms with van der Waals surface area (Å²) in [5, 5.41) is 5.69. The number of carbonyl (C=O) groups excluding carboxylic acids is 2. The highest BCUT2D eigenvalue weighted by Gasteiger charge is 2.51. The third-order valence-electron chi connectivity index (χ3n) is 6.09. The predicted molar refractivity (Wildman–Crippen MR) is 125 cm³/mol. The van der Waals surface area contributed by atoms with E-state index in [0.717, 1.165) is 5.56 Å². The largest absolute Gasteiger partial charge is 0.334 e. The molecular formula is C24H20ClN3O4S. The molecule has 0 spiro atoms. The Morgan fingerprint density at radius 3 is 2.48 bits per heavy atom. The lowest BCUT2D eigenvalue weighted by Gasteiger charge is -2.28. The summed E-state index contributed by atoms with van der Waals surface area (Å²) in [5.74, 6) is -0.195. The second-order valence-corrected chi connectivity index (χ2v) is 10.6. The highest BCUT2D eigenvalue weighted by molar-refractivity contribution is 7.92. The summed E-state index contributed by atoms with van der Waals surface area (Å²) >= 11 is 6.03. The molecule has 3 aromatic carbocycles. The number of hydrogen-bond acceptors (Lipinski definition) is 4. The maximum atomic E-state index is 13.8. The number of halogens is 1. The maximum absolute atomic E-state index is 13.8. The van der Waals surface area contributed by atoms with Gasteiger partial charge in [0.25, 0.3) is 5.91 Å². The zero-order chi connectivity index (χ0) is 23.2. The molecule has 3 amide bonds. The van der Waals surface area contributed by atoms with E-state index in [9.17, 15) is 18.0 Å². The summed E-state index contributed by atoms with van der Waals surface area (Å²) in [6, 6.07) is 19.6. The van der Waals surface area contributed by atoms with E-state index in [1.807, 2.05) is 0 Å². The van der Waals surface area contributed by atoms with Gasteiger partial charge in [0.1, 0.15) is 0 Å². The third-order valence-corrected chi connectivity index (χ3v) is 8.59. The molecule has 1 fully saturated rings. The number of rotatable bonds is 4. The van der Waals surface area contributed by atoms with Crippen LogP contribution in [0.15, 0.2) is 77.7 Å². The SMILES string of the molecule is O=C1NCC(c2ccccc2)(S(=O)(=O)c2ccc3c(c2)CCN3C(=O)c2cccc(Cl)c2)N1. The van der Waals surface area contributed by atoms with Gasteiger partial charge in [0.05, 0.1) is 11.4 Å². The number of anilines is 1. The third kappa shape index (κ3) is 3.46. The van der Waals surface area contributed by atoms with E-state index in [2.05, 4.69) is 10.6 Å². The molecule has 7 nitrogen and oxygen atoms in total. The second-order valence-electron chi connectivity index (χ2n) is 8.01. The number of hydrogen-bond donors (Lipinski definition) is 2. The van der Waals surface area contributed by atoms with E-state index >= 15 is 0 Å². The van der Waals surface area contributed by atoms with Crippen LogP contribution >= 0.6 is 11.6 Å². The number of nitrogens with zero attached hydrogens (tertiary/aromatic N) is 1. The first kappa shape index (κ1) is 21.5. The van der Waals surface area contributed by atoms with Crippen molar-refractivity contribution in [3.05, 3.63) is 94.5 Å². The number of fused-ring (bicyclic) bond motifs is 1. The Hall–Kier alpha value is -3.36. The van der Waals surface area contributed by atoms with Crippen molar-refractivity contribution in [2.24, 2.45) is 0 Å². The van der Waals surface area contributed by atoms with Crippen LogP contribution in [-0.2, 0) is 21.1 Å². The van der Waals surface area contributed by atoms with E-state index < -0.39 is 20.7 Å². The fourth-order valence-corrected chi connectivity index (χ4v) is 6.48. The average Bonchev–Trinajstić information content (AvgIpc) is 3.43. The van der Waals surface area contributed by atoms with Gasteiger partial charge in [0.15, 0.2) is 4.87 Å². The van der Waals surface area contributed by atoms with Gasteiger partial charge in [-0.3, -0.25) is 4.79 Å². The molecule has 2 N–H and O–H groups in total. The highest BCUT2D eigenvalue weighted by atomic mass is 35.5. The van der Waals surface area contributed by atoms with Gasteiger partial charge in [-0.15, -0.1) is 0 Å². The van der Waals surface area contributed by atoms with Crippen LogP contribution in [0.3, 0.4) is 0 Å². The lowest BCUT2D eigenvalue weighted by atomic mass is 10.1. The minimum atomic E-state index is -4.02. The van der Waals surface area contributed by atoms with Crippen molar-refractivity contribution in [3.63, 3.8) is 0 Å². The number of nitrogens with one attached hydrogen (secondary N) is 2. The highest BCUT2D eigenvalue weighted by Crippen LogP contribution is 2.38. The minimum Gasteiger partial charge on any atom is -0.334 e. The Balaban J connectivity index is 1.53. The molecule has 9 heteroatoms. The Kier molecular flexibility index (Phi) is 5.14. The van der Waals surface area contributed by atoms with Crippen molar-refractivity contribution in [2.75, 3.05) is 18.0 Å². The smallest absolute Gasteiger partial charge is 0.316 e. The normalized spacial score (nSPS) is 19.7. The van der Waals surface area contributed by atoms with Crippen LogP contribution in [0.25, 0.3) is 0 Å². The van der Waals surface area contributed by atoms with Crippen LogP contribution in [-0.4, -0.2) is 33.4 Å². The van der Waals surface area contributed by atoms with E-state index in [4.69, 9.17) is 11.6 Å². The van der Waals surface area contributed by atoms with Crippen molar-refractivity contribution >= 4 is 39.1 Å². The summed E-state index contributed by atoms with van der Waals surface area (Å²) in [6.45, 7) is 0.348. The molecule has 5 rings (SSSR count). The van der Waals surface area contributed by atoms with Crippen LogP contribution < -0.4 is 15.5 Å². The molecule has 1 unspecified atom stereocenters. The van der Waals surface area contributed by atoms with Gasteiger partial charge in [-0.25, -0.2) is 13.2 Å². The minimum absolute atomic E-state index is 0.0886. The van der Waals surface area contributed by atoms with Gasteiger partial charge in [-0.05, 0) is 53.9 Å². The summed E-state index contributed by atoms with van der Waals surface area (Å²) < 4.78 is 27.7. The van der Waals surface area contributed by atoms with E-state index in [1.54, 1.807) is 71.6 Å². The standard InChI is InChI=1S/C24H20ClN3O4S/c25-19-8-4-5-17(13-19)22(29)28-12-11-16-14-20(9-10-21(16)28)33(31,32)24(15-26-23(30)27-24)18-6-2-1-3-7-18/h1-10,13-14H,11-12,15H2,(H2,26,27,30). The Labute approximate surface area is 196 Å². The summed E-state index contributed by atoms with van der Waals surface area (Å²) in [5.41, 5.74) is 2.37. The van der Waals surface area contributed by atoms with Crippen molar-refractivity contribution in [3.8, 4) is 0 Å². The van der Waals surface area contributed by atoms with Crippen molar-refractivity contribution in [2.45, 2.75) is 16.2 Å². The molecular weight excluding hydrogens is 462 g/mol. The van der Waals surface area contributed by atoms with Crippen LogP contribution in [0.4, 0.5) is 10.5 Å². The molecule has 0 aliphatic carbocycles. The molecule has 0 saturated carbocycles. The molecule has 1 atom stereocenters.